The van der Waals surface area contributed by atoms with Gasteiger partial charge in [-0.05, 0) is 5.90 Å². The van der Waals surface area contributed by atoms with Crippen LogP contribution in [0.4, 0.5) is 4.79 Å². The Labute approximate surface area is 175 Å². The van der Waals surface area contributed by atoms with Gasteiger partial charge in [-0.1, -0.05) is 0 Å². The fourth-order valence-corrected chi connectivity index (χ4v) is 3.05. The van der Waals surface area contributed by atoms with Gasteiger partial charge in [0.05, 0.1) is 18.4 Å². The monoisotopic (exact) mass is 361 g/mol. The van der Waals surface area contributed by atoms with Crippen molar-refractivity contribution in [3.8, 4) is 0 Å². The number of hydrogen-bond donors (Lipinski definition) is 1. The van der Waals surface area contributed by atoms with Crippen LogP contribution in [0.1, 0.15) is 23.3 Å². The molecule has 1 aromatic rings. The van der Waals surface area contributed by atoms with Crippen molar-refractivity contribution in [2.75, 3.05) is 6.54 Å². The minimum atomic E-state index is -5.14. The Morgan fingerprint density at radius 1 is 1.48 bits per heavy atom. The molecule has 2 aliphatic rings. The minimum absolute atomic E-state index is 0. The first kappa shape index (κ1) is 20.9. The molecule has 3 heterocycles. The Hall–Kier alpha value is -0.180. The maximum atomic E-state index is 12.1. The van der Waals surface area contributed by atoms with Gasteiger partial charge < -0.3 is 20.0 Å². The third kappa shape index (κ3) is 3.45. The van der Waals surface area contributed by atoms with Gasteiger partial charge in [-0.2, -0.15) is 14.4 Å². The minimum Gasteiger partial charge on any atom is -0.860 e. The van der Waals surface area contributed by atoms with E-state index in [0.29, 0.717) is 16.3 Å². The maximum Gasteiger partial charge on any atom is 1.00 e. The first-order valence-electron chi connectivity index (χ1n) is 5.73. The Kier molecular flexibility index (Phi) is 6.33. The van der Waals surface area contributed by atoms with E-state index in [1.165, 1.54) is 17.9 Å². The van der Waals surface area contributed by atoms with Crippen molar-refractivity contribution in [3.05, 3.63) is 17.5 Å². The maximum absolute atomic E-state index is 12.1. The van der Waals surface area contributed by atoms with Gasteiger partial charge in [-0.3, -0.25) is 4.68 Å². The van der Waals surface area contributed by atoms with Gasteiger partial charge in [-0.15, -0.1) is 0 Å². The van der Waals surface area contributed by atoms with Crippen LogP contribution in [0.25, 0.3) is 0 Å². The molecule has 0 aliphatic carbocycles. The first-order chi connectivity index (χ1) is 9.70. The van der Waals surface area contributed by atoms with Crippen LogP contribution < -0.4 is 64.2 Å². The summed E-state index contributed by atoms with van der Waals surface area (Å²) < 4.78 is 37.7. The third-order valence-electron chi connectivity index (χ3n) is 3.45. The predicted molar refractivity (Wildman–Crippen MR) is 61.1 cm³/mol. The second-order valence-electron chi connectivity index (χ2n) is 4.63. The molecule has 0 radical (unpaired) electrons. The number of amides is 2. The molecule has 1 saturated heterocycles. The molecule has 0 saturated carbocycles. The van der Waals surface area contributed by atoms with E-state index < -0.39 is 34.4 Å². The molecular weight excluding hydrogens is 352 g/mol. The number of hydrogen-bond acceptors (Lipinski definition) is 8. The standard InChI is InChI=1S/C9H11N5O6S.2Na/c1-12-6-4(2-11-12)5-3-13(7(6)8(10)15)9(16)14(5)20-21(17,18)19;;/h2,5,7H,3H2,1H3,(H2,10,15)(H,17,18,19);;/q;2*+1/p-2/t5-,7+;;/m1../s1. The summed E-state index contributed by atoms with van der Waals surface area (Å²) in [6.07, 6.45) is 1.35. The summed E-state index contributed by atoms with van der Waals surface area (Å²) >= 11 is 0. The number of rotatable bonds is 3. The number of fused-ring (bicyclic) bond motifs is 4. The molecule has 1 N–H and O–H groups in total. The fourth-order valence-electron chi connectivity index (χ4n) is 2.69. The van der Waals surface area contributed by atoms with E-state index in [-0.39, 0.29) is 65.7 Å². The van der Waals surface area contributed by atoms with Crippen LogP contribution >= 0.6 is 0 Å². The first-order valence-corrected chi connectivity index (χ1v) is 7.06. The molecule has 0 aromatic carbocycles. The van der Waals surface area contributed by atoms with E-state index in [0.717, 1.165) is 4.90 Å². The third-order valence-corrected chi connectivity index (χ3v) is 3.79. The van der Waals surface area contributed by atoms with Crippen molar-refractivity contribution < 1.29 is 86.3 Å². The van der Waals surface area contributed by atoms with Crippen LogP contribution in [0.2, 0.25) is 0 Å². The van der Waals surface area contributed by atoms with Crippen LogP contribution in [0.15, 0.2) is 6.20 Å². The van der Waals surface area contributed by atoms with Gasteiger partial charge in [0.2, 0.25) is 10.4 Å². The van der Waals surface area contributed by atoms with Crippen LogP contribution in [-0.4, -0.2) is 51.2 Å². The van der Waals surface area contributed by atoms with Crippen LogP contribution in [0.5, 0.6) is 0 Å². The zero-order valence-corrected chi connectivity index (χ0v) is 17.4. The van der Waals surface area contributed by atoms with Gasteiger partial charge >= 0.3 is 65.1 Å². The summed E-state index contributed by atoms with van der Waals surface area (Å²) in [7, 11) is -3.61. The second kappa shape index (κ2) is 6.98. The molecule has 3 rings (SSSR count). The number of aromatic nitrogens is 2. The van der Waals surface area contributed by atoms with Crippen LogP contribution in [0, 0.1) is 5.41 Å². The van der Waals surface area contributed by atoms with Gasteiger partial charge in [-0.25, -0.2) is 13.2 Å². The number of nitrogens with zero attached hydrogens (tertiary/aromatic N) is 4. The summed E-state index contributed by atoms with van der Waals surface area (Å²) in [6, 6.07) is -3.04. The normalized spacial score (nSPS) is 22.3. The molecule has 2 amide bonds. The zero-order chi connectivity index (χ0) is 15.5. The molecule has 14 heteroatoms. The average molecular weight is 361 g/mol. The molecular formula is C9H9N5Na2O6S. The average Bonchev–Trinajstić information content (AvgIpc) is 2.84. The molecule has 0 unspecified atom stereocenters. The summed E-state index contributed by atoms with van der Waals surface area (Å²) in [4.78, 5) is 13.1. The van der Waals surface area contributed by atoms with Crippen molar-refractivity contribution in [3.63, 3.8) is 0 Å². The molecule has 2 aliphatic heterocycles. The number of nitrogens with one attached hydrogen (secondary N) is 1. The van der Waals surface area contributed by atoms with Gasteiger partial charge in [0.15, 0.2) is 0 Å². The Morgan fingerprint density at radius 2 is 2.09 bits per heavy atom. The summed E-state index contributed by atoms with van der Waals surface area (Å²) in [5.41, 5.74) is 0.669. The van der Waals surface area contributed by atoms with Crippen molar-refractivity contribution in [2.45, 2.75) is 12.1 Å². The summed E-state index contributed by atoms with van der Waals surface area (Å²) in [5, 5.41) is 23.2. The largest absolute Gasteiger partial charge is 1.00 e. The Balaban J connectivity index is 0.00000132. The van der Waals surface area contributed by atoms with Gasteiger partial charge in [0, 0.05) is 12.6 Å². The van der Waals surface area contributed by atoms with E-state index >= 15 is 0 Å². The Morgan fingerprint density at radius 3 is 2.61 bits per heavy atom. The summed E-state index contributed by atoms with van der Waals surface area (Å²) in [5.74, 6) is -1.04. The topological polar surface area (TPSA) is 155 Å². The van der Waals surface area contributed by atoms with E-state index in [2.05, 4.69) is 9.38 Å². The molecule has 114 valence electrons. The SMILES string of the molecule is Cn1ncc2c1[C@@H](C(=N)[O-])N1C[C@H]2N(OS(=O)(=O)[O-])C1=O.[Na+].[Na+]. The molecule has 1 aromatic heterocycles. The van der Waals surface area contributed by atoms with Gasteiger partial charge in [0.25, 0.3) is 0 Å². The zero-order valence-electron chi connectivity index (χ0n) is 12.6. The quantitative estimate of drug-likeness (QED) is 0.184. The molecule has 2 bridgehead atoms. The van der Waals surface area contributed by atoms with Crippen molar-refractivity contribution in [1.29, 1.82) is 5.41 Å². The molecule has 1 fully saturated rings. The fraction of sp³-hybridized carbons (Fsp3) is 0.444. The number of hydroxylamine groups is 2. The van der Waals surface area contributed by atoms with Crippen LogP contribution in [-0.2, 0) is 21.7 Å². The predicted octanol–water partition coefficient (Wildman–Crippen LogP) is -8.01. The van der Waals surface area contributed by atoms with E-state index in [1.54, 1.807) is 0 Å². The number of carbonyl (C=O) groups is 1. The molecule has 2 atom stereocenters. The number of carbonyl (C=O) groups excluding carboxylic acids is 1. The van der Waals surface area contributed by atoms with Crippen LogP contribution in [0.3, 0.4) is 0 Å². The van der Waals surface area contributed by atoms with E-state index in [9.17, 15) is 22.9 Å². The van der Waals surface area contributed by atoms with E-state index in [4.69, 9.17) is 5.41 Å². The summed E-state index contributed by atoms with van der Waals surface area (Å²) in [6.45, 7) is -0.0671. The molecule has 23 heavy (non-hydrogen) atoms. The van der Waals surface area contributed by atoms with Gasteiger partial charge in [0.1, 0.15) is 12.1 Å². The molecule has 0 spiro atoms. The van der Waals surface area contributed by atoms with Crippen molar-refractivity contribution >= 4 is 22.3 Å². The Bertz CT molecular complexity index is 752. The number of aryl methyl sites for hydroxylation is 1. The second-order valence-corrected chi connectivity index (χ2v) is 5.60. The smallest absolute Gasteiger partial charge is 0.860 e. The molecule has 11 nitrogen and oxygen atoms in total. The van der Waals surface area contributed by atoms with Crippen molar-refractivity contribution in [2.24, 2.45) is 7.05 Å². The number of urea groups is 1. The van der Waals surface area contributed by atoms with Crippen molar-refractivity contribution in [1.82, 2.24) is 19.7 Å². The van der Waals surface area contributed by atoms with E-state index in [1.807, 2.05) is 0 Å².